The predicted molar refractivity (Wildman–Crippen MR) is 62.3 cm³/mol. The zero-order valence-electron chi connectivity index (χ0n) is 8.19. The molecule has 1 aromatic heterocycles. The first-order chi connectivity index (χ1) is 6.76. The molecule has 14 heavy (non-hydrogen) atoms. The third-order valence-electron chi connectivity index (χ3n) is 2.78. The van der Waals surface area contributed by atoms with Crippen LogP contribution in [0, 0.1) is 0 Å². The van der Waals surface area contributed by atoms with Crippen LogP contribution in [-0.2, 0) is 0 Å². The third kappa shape index (κ3) is 1.82. The lowest BCUT2D eigenvalue weighted by Crippen LogP contribution is -2.41. The second-order valence-corrected chi connectivity index (χ2v) is 6.08. The van der Waals surface area contributed by atoms with Crippen LogP contribution in [0.1, 0.15) is 31.5 Å². The van der Waals surface area contributed by atoms with Crippen LogP contribution in [0.15, 0.2) is 11.4 Å². The Bertz CT molecular complexity index is 280. The Kier molecular flexibility index (Phi) is 3.11. The lowest BCUT2D eigenvalue weighted by atomic mass is 9.94. The van der Waals surface area contributed by atoms with Gasteiger partial charge in [0.2, 0.25) is 0 Å². The van der Waals surface area contributed by atoms with Gasteiger partial charge in [-0.3, -0.25) is 5.84 Å². The molecule has 0 aliphatic carbocycles. The van der Waals surface area contributed by atoms with Gasteiger partial charge in [0, 0.05) is 10.1 Å². The highest BCUT2D eigenvalue weighted by molar-refractivity contribution is 8.00. The number of nitrogens with two attached hydrogens (primary N) is 1. The van der Waals surface area contributed by atoms with Crippen molar-refractivity contribution in [2.45, 2.75) is 30.6 Å². The SMILES string of the molecule is CC1(C(NN)c2ccsn2)CCCS1. The van der Waals surface area contributed by atoms with Gasteiger partial charge in [-0.15, -0.1) is 0 Å². The summed E-state index contributed by atoms with van der Waals surface area (Å²) in [4.78, 5) is 0. The van der Waals surface area contributed by atoms with Gasteiger partial charge in [-0.25, -0.2) is 5.43 Å². The summed E-state index contributed by atoms with van der Waals surface area (Å²) in [5.41, 5.74) is 3.99. The first kappa shape index (κ1) is 10.4. The van der Waals surface area contributed by atoms with Gasteiger partial charge in [0.05, 0.1) is 11.7 Å². The van der Waals surface area contributed by atoms with E-state index in [1.807, 2.05) is 17.1 Å². The van der Waals surface area contributed by atoms with Crippen LogP contribution in [0.2, 0.25) is 0 Å². The number of aromatic nitrogens is 1. The van der Waals surface area contributed by atoms with E-state index >= 15 is 0 Å². The fourth-order valence-corrected chi connectivity index (χ4v) is 3.92. The Hall–Kier alpha value is -0.100. The molecule has 1 aliphatic heterocycles. The Morgan fingerprint density at radius 3 is 3.07 bits per heavy atom. The predicted octanol–water partition coefficient (Wildman–Crippen LogP) is 1.93. The molecule has 5 heteroatoms. The van der Waals surface area contributed by atoms with E-state index < -0.39 is 0 Å². The Morgan fingerprint density at radius 2 is 2.57 bits per heavy atom. The summed E-state index contributed by atoms with van der Waals surface area (Å²) in [6.45, 7) is 2.27. The number of nitrogens with one attached hydrogen (secondary N) is 1. The van der Waals surface area contributed by atoms with Crippen molar-refractivity contribution in [1.29, 1.82) is 0 Å². The molecule has 0 saturated carbocycles. The molecule has 2 unspecified atom stereocenters. The molecule has 0 radical (unpaired) electrons. The summed E-state index contributed by atoms with van der Waals surface area (Å²) in [5, 5.41) is 2.00. The average molecular weight is 229 g/mol. The van der Waals surface area contributed by atoms with Crippen LogP contribution in [0.3, 0.4) is 0 Å². The van der Waals surface area contributed by atoms with E-state index in [-0.39, 0.29) is 10.8 Å². The molecule has 0 amide bonds. The monoisotopic (exact) mass is 229 g/mol. The van der Waals surface area contributed by atoms with Crippen molar-refractivity contribution in [3.63, 3.8) is 0 Å². The van der Waals surface area contributed by atoms with Crippen LogP contribution in [0.25, 0.3) is 0 Å². The molecule has 1 aromatic rings. The van der Waals surface area contributed by atoms with Crippen molar-refractivity contribution >= 4 is 23.3 Å². The van der Waals surface area contributed by atoms with Crippen LogP contribution in [0.5, 0.6) is 0 Å². The molecular weight excluding hydrogens is 214 g/mol. The molecule has 78 valence electrons. The fourth-order valence-electron chi connectivity index (χ4n) is 1.97. The average Bonchev–Trinajstić information content (AvgIpc) is 2.78. The smallest absolute Gasteiger partial charge is 0.0786 e. The molecule has 2 rings (SSSR count). The Morgan fingerprint density at radius 1 is 1.71 bits per heavy atom. The summed E-state index contributed by atoms with van der Waals surface area (Å²) in [6, 6.07) is 2.24. The molecule has 1 fully saturated rings. The molecule has 3 nitrogen and oxygen atoms in total. The summed E-state index contributed by atoms with van der Waals surface area (Å²) in [5.74, 6) is 6.87. The molecule has 0 aromatic carbocycles. The summed E-state index contributed by atoms with van der Waals surface area (Å²) >= 11 is 3.48. The molecule has 1 aliphatic rings. The number of hydrogen-bond acceptors (Lipinski definition) is 5. The van der Waals surface area contributed by atoms with E-state index in [4.69, 9.17) is 5.84 Å². The number of nitrogens with zero attached hydrogens (tertiary/aromatic N) is 1. The van der Waals surface area contributed by atoms with Gasteiger partial charge < -0.3 is 0 Å². The number of rotatable bonds is 3. The second-order valence-electron chi connectivity index (χ2n) is 3.79. The normalized spacial score (nSPS) is 29.3. The largest absolute Gasteiger partial charge is 0.271 e. The first-order valence-electron chi connectivity index (χ1n) is 4.76. The maximum atomic E-state index is 5.63. The van der Waals surface area contributed by atoms with Crippen LogP contribution in [0.4, 0.5) is 0 Å². The summed E-state index contributed by atoms with van der Waals surface area (Å²) in [6.07, 6.45) is 2.49. The quantitative estimate of drug-likeness (QED) is 0.614. The minimum atomic E-state index is 0.182. The van der Waals surface area contributed by atoms with Crippen molar-refractivity contribution in [2.75, 3.05) is 5.75 Å². The van der Waals surface area contributed by atoms with Crippen molar-refractivity contribution in [3.05, 3.63) is 17.1 Å². The van der Waals surface area contributed by atoms with E-state index in [1.165, 1.54) is 30.1 Å². The molecule has 0 bridgehead atoms. The minimum Gasteiger partial charge on any atom is -0.271 e. The van der Waals surface area contributed by atoms with E-state index in [1.54, 1.807) is 0 Å². The number of thioether (sulfide) groups is 1. The van der Waals surface area contributed by atoms with Gasteiger partial charge in [-0.2, -0.15) is 16.1 Å². The van der Waals surface area contributed by atoms with Crippen LogP contribution >= 0.6 is 23.3 Å². The molecule has 3 N–H and O–H groups in total. The highest BCUT2D eigenvalue weighted by Crippen LogP contribution is 2.45. The highest BCUT2D eigenvalue weighted by Gasteiger charge is 2.39. The van der Waals surface area contributed by atoms with E-state index in [0.717, 1.165) is 5.69 Å². The third-order valence-corrected chi connectivity index (χ3v) is 4.95. The van der Waals surface area contributed by atoms with E-state index in [9.17, 15) is 0 Å². The molecule has 2 heterocycles. The summed E-state index contributed by atoms with van der Waals surface area (Å²) < 4.78 is 4.57. The minimum absolute atomic E-state index is 0.182. The van der Waals surface area contributed by atoms with Gasteiger partial charge in [0.15, 0.2) is 0 Å². The zero-order valence-corrected chi connectivity index (χ0v) is 9.83. The second kappa shape index (κ2) is 4.18. The number of hydrazine groups is 1. The Balaban J connectivity index is 2.20. The number of hydrogen-bond donors (Lipinski definition) is 2. The molecule has 2 atom stereocenters. The van der Waals surface area contributed by atoms with Crippen molar-refractivity contribution in [2.24, 2.45) is 5.84 Å². The highest BCUT2D eigenvalue weighted by atomic mass is 32.2. The van der Waals surface area contributed by atoms with Gasteiger partial charge >= 0.3 is 0 Å². The van der Waals surface area contributed by atoms with Crippen LogP contribution in [-0.4, -0.2) is 14.9 Å². The fraction of sp³-hybridized carbons (Fsp3) is 0.667. The van der Waals surface area contributed by atoms with Gasteiger partial charge in [-0.05, 0) is 43.1 Å². The standard InChI is InChI=1S/C9H15N3S2/c1-9(4-2-5-13-9)8(11-10)7-3-6-14-12-7/h3,6,8,11H,2,4-5,10H2,1H3. The lowest BCUT2D eigenvalue weighted by Gasteiger charge is -2.31. The lowest BCUT2D eigenvalue weighted by molar-refractivity contribution is 0.415. The van der Waals surface area contributed by atoms with E-state index in [2.05, 4.69) is 22.8 Å². The summed E-state index contributed by atoms with van der Waals surface area (Å²) in [7, 11) is 0. The Labute approximate surface area is 92.6 Å². The molecule has 0 spiro atoms. The van der Waals surface area contributed by atoms with E-state index in [0.29, 0.717) is 0 Å². The zero-order chi connectivity index (χ0) is 10.0. The topological polar surface area (TPSA) is 50.9 Å². The maximum Gasteiger partial charge on any atom is 0.0786 e. The van der Waals surface area contributed by atoms with Crippen molar-refractivity contribution in [1.82, 2.24) is 9.80 Å². The molecule has 1 saturated heterocycles. The maximum absolute atomic E-state index is 5.63. The van der Waals surface area contributed by atoms with Gasteiger partial charge in [-0.1, -0.05) is 0 Å². The molecular formula is C9H15N3S2. The van der Waals surface area contributed by atoms with Crippen LogP contribution < -0.4 is 11.3 Å². The van der Waals surface area contributed by atoms with Crippen molar-refractivity contribution < 1.29 is 0 Å². The van der Waals surface area contributed by atoms with Gasteiger partial charge in [0.1, 0.15) is 0 Å². The first-order valence-corrected chi connectivity index (χ1v) is 6.59. The van der Waals surface area contributed by atoms with Crippen molar-refractivity contribution in [3.8, 4) is 0 Å². The van der Waals surface area contributed by atoms with Gasteiger partial charge in [0.25, 0.3) is 0 Å².